The van der Waals surface area contributed by atoms with Gasteiger partial charge in [0.1, 0.15) is 17.9 Å². The SMILES string of the molecule is COc1c(I)cccc1CN1C[C@H](O)[C@H]2[C@H](C)OC(=O)[C@H]21. The fourth-order valence-corrected chi connectivity index (χ4v) is 4.20. The lowest BCUT2D eigenvalue weighted by molar-refractivity contribution is -0.145. The molecular formula is C15H18INO4. The van der Waals surface area contributed by atoms with Crippen LogP contribution in [-0.2, 0) is 16.1 Å². The van der Waals surface area contributed by atoms with Crippen LogP contribution in [0.3, 0.4) is 0 Å². The standard InChI is InChI=1S/C15H18INO4/c1-8-12-11(18)7-17(13(12)15(19)21-8)6-9-4-3-5-10(16)14(9)20-2/h3-5,8,11-13,18H,6-7H2,1-2H3/t8-,11-,12+,13-/m0/s1. The number of esters is 1. The van der Waals surface area contributed by atoms with Crippen LogP contribution < -0.4 is 4.74 Å². The summed E-state index contributed by atoms with van der Waals surface area (Å²) in [6.45, 7) is 2.91. The number of carbonyl (C=O) groups is 1. The van der Waals surface area contributed by atoms with Crippen molar-refractivity contribution >= 4 is 28.6 Å². The Balaban J connectivity index is 1.86. The quantitative estimate of drug-likeness (QED) is 0.611. The third kappa shape index (κ3) is 2.53. The van der Waals surface area contributed by atoms with Crippen molar-refractivity contribution in [3.63, 3.8) is 0 Å². The molecule has 2 aliphatic heterocycles. The Morgan fingerprint density at radius 2 is 2.29 bits per heavy atom. The first-order chi connectivity index (χ1) is 10.0. The molecule has 5 nitrogen and oxygen atoms in total. The smallest absolute Gasteiger partial charge is 0.324 e. The minimum Gasteiger partial charge on any atom is -0.495 e. The van der Waals surface area contributed by atoms with Crippen molar-refractivity contribution in [3.05, 3.63) is 27.3 Å². The lowest BCUT2D eigenvalue weighted by atomic mass is 9.96. The van der Waals surface area contributed by atoms with Gasteiger partial charge in [-0.15, -0.1) is 0 Å². The lowest BCUT2D eigenvalue weighted by Gasteiger charge is -2.22. The largest absolute Gasteiger partial charge is 0.495 e. The Morgan fingerprint density at radius 3 is 3.00 bits per heavy atom. The summed E-state index contributed by atoms with van der Waals surface area (Å²) < 4.78 is 11.8. The summed E-state index contributed by atoms with van der Waals surface area (Å²) in [5, 5.41) is 10.2. The van der Waals surface area contributed by atoms with Crippen LogP contribution in [0.15, 0.2) is 18.2 Å². The summed E-state index contributed by atoms with van der Waals surface area (Å²) in [5.41, 5.74) is 1.02. The van der Waals surface area contributed by atoms with E-state index in [0.717, 1.165) is 14.9 Å². The van der Waals surface area contributed by atoms with Gasteiger partial charge in [0.05, 0.1) is 16.8 Å². The van der Waals surface area contributed by atoms with Crippen molar-refractivity contribution < 1.29 is 19.4 Å². The number of likely N-dealkylation sites (tertiary alicyclic amines) is 1. The summed E-state index contributed by atoms with van der Waals surface area (Å²) in [6.07, 6.45) is -0.745. The number of ether oxygens (including phenoxy) is 2. The highest BCUT2D eigenvalue weighted by atomic mass is 127. The van der Waals surface area contributed by atoms with Gasteiger partial charge in [0.2, 0.25) is 0 Å². The normalized spacial score (nSPS) is 32.1. The van der Waals surface area contributed by atoms with Gasteiger partial charge in [-0.25, -0.2) is 0 Å². The molecule has 2 saturated heterocycles. The first-order valence-corrected chi connectivity index (χ1v) is 8.04. The second-order valence-corrected chi connectivity index (χ2v) is 6.76. The van der Waals surface area contributed by atoms with E-state index >= 15 is 0 Å². The van der Waals surface area contributed by atoms with E-state index in [0.29, 0.717) is 13.1 Å². The number of hydrogen-bond acceptors (Lipinski definition) is 5. The second kappa shape index (κ2) is 5.73. The fourth-order valence-electron chi connectivity index (χ4n) is 3.42. The van der Waals surface area contributed by atoms with Gasteiger partial charge in [-0.2, -0.15) is 0 Å². The summed E-state index contributed by atoms with van der Waals surface area (Å²) in [7, 11) is 1.65. The third-order valence-electron chi connectivity index (χ3n) is 4.34. The van der Waals surface area contributed by atoms with Crippen LogP contribution in [0, 0.1) is 9.49 Å². The number of fused-ring (bicyclic) bond motifs is 1. The number of methoxy groups -OCH3 is 1. The van der Waals surface area contributed by atoms with Gasteiger partial charge in [0, 0.05) is 24.6 Å². The highest BCUT2D eigenvalue weighted by Crippen LogP contribution is 2.37. The summed E-state index contributed by atoms with van der Waals surface area (Å²) in [6, 6.07) is 5.60. The number of halogens is 1. The number of β-amino-alcohol motifs (C(OH)–C–C–N with tert-alkyl or cyclic N) is 1. The number of cyclic esters (lactones) is 1. The fraction of sp³-hybridized carbons (Fsp3) is 0.533. The van der Waals surface area contributed by atoms with E-state index in [9.17, 15) is 9.90 Å². The van der Waals surface area contributed by atoms with E-state index < -0.39 is 6.10 Å². The van der Waals surface area contributed by atoms with Gasteiger partial charge in [0.25, 0.3) is 0 Å². The van der Waals surface area contributed by atoms with Crippen molar-refractivity contribution in [1.82, 2.24) is 4.90 Å². The van der Waals surface area contributed by atoms with Gasteiger partial charge in [-0.05, 0) is 35.6 Å². The Kier molecular flexibility index (Phi) is 4.11. The molecule has 2 heterocycles. The van der Waals surface area contributed by atoms with E-state index in [-0.39, 0.29) is 24.0 Å². The predicted molar refractivity (Wildman–Crippen MR) is 85.0 cm³/mol. The zero-order valence-electron chi connectivity index (χ0n) is 12.0. The molecule has 114 valence electrons. The molecular weight excluding hydrogens is 385 g/mol. The van der Waals surface area contributed by atoms with Gasteiger partial charge in [-0.3, -0.25) is 9.69 Å². The van der Waals surface area contributed by atoms with E-state index in [4.69, 9.17) is 9.47 Å². The van der Waals surface area contributed by atoms with Gasteiger partial charge in [-0.1, -0.05) is 12.1 Å². The van der Waals surface area contributed by atoms with E-state index in [1.54, 1.807) is 7.11 Å². The molecule has 0 spiro atoms. The molecule has 21 heavy (non-hydrogen) atoms. The summed E-state index contributed by atoms with van der Waals surface area (Å²) >= 11 is 2.23. The number of hydrogen-bond donors (Lipinski definition) is 1. The molecule has 2 aliphatic rings. The monoisotopic (exact) mass is 403 g/mol. The topological polar surface area (TPSA) is 59.0 Å². The number of rotatable bonds is 3. The van der Waals surface area contributed by atoms with Gasteiger partial charge in [0.15, 0.2) is 0 Å². The minimum atomic E-state index is -0.523. The first kappa shape index (κ1) is 15.1. The van der Waals surface area contributed by atoms with Crippen LogP contribution in [0.2, 0.25) is 0 Å². The van der Waals surface area contributed by atoms with Crippen molar-refractivity contribution in [2.45, 2.75) is 31.7 Å². The minimum absolute atomic E-state index is 0.133. The molecule has 0 bridgehead atoms. The maximum absolute atomic E-state index is 12.0. The number of para-hydroxylation sites is 1. The molecule has 1 N–H and O–H groups in total. The second-order valence-electron chi connectivity index (χ2n) is 5.59. The lowest BCUT2D eigenvalue weighted by Crippen LogP contribution is -2.35. The van der Waals surface area contributed by atoms with Gasteiger partial charge >= 0.3 is 5.97 Å². The van der Waals surface area contributed by atoms with E-state index in [2.05, 4.69) is 22.6 Å². The number of aliphatic hydroxyl groups excluding tert-OH is 1. The zero-order chi connectivity index (χ0) is 15.1. The first-order valence-electron chi connectivity index (χ1n) is 6.97. The highest BCUT2D eigenvalue weighted by molar-refractivity contribution is 14.1. The van der Waals surface area contributed by atoms with Crippen molar-refractivity contribution in [2.24, 2.45) is 5.92 Å². The van der Waals surface area contributed by atoms with Crippen LogP contribution in [0.5, 0.6) is 5.75 Å². The zero-order valence-corrected chi connectivity index (χ0v) is 14.1. The van der Waals surface area contributed by atoms with Crippen LogP contribution in [0.4, 0.5) is 0 Å². The van der Waals surface area contributed by atoms with Crippen LogP contribution >= 0.6 is 22.6 Å². The molecule has 0 amide bonds. The van der Waals surface area contributed by atoms with Crippen LogP contribution in [-0.4, -0.2) is 47.9 Å². The Bertz CT molecular complexity index is 565. The molecule has 0 unspecified atom stereocenters. The van der Waals surface area contributed by atoms with Crippen molar-refractivity contribution in [1.29, 1.82) is 0 Å². The Hall–Kier alpha value is -0.860. The van der Waals surface area contributed by atoms with Crippen LogP contribution in [0.25, 0.3) is 0 Å². The van der Waals surface area contributed by atoms with E-state index in [1.807, 2.05) is 30.0 Å². The molecule has 1 aromatic carbocycles. The Labute approximate surface area is 137 Å². The molecule has 0 saturated carbocycles. The Morgan fingerprint density at radius 1 is 1.52 bits per heavy atom. The third-order valence-corrected chi connectivity index (χ3v) is 5.18. The molecule has 2 fully saturated rings. The number of nitrogens with zero attached hydrogens (tertiary/aromatic N) is 1. The molecule has 0 radical (unpaired) electrons. The number of aliphatic hydroxyl groups is 1. The molecule has 0 aliphatic carbocycles. The van der Waals surface area contributed by atoms with Crippen molar-refractivity contribution in [2.75, 3.05) is 13.7 Å². The van der Waals surface area contributed by atoms with Crippen molar-refractivity contribution in [3.8, 4) is 5.75 Å². The molecule has 3 rings (SSSR count). The molecule has 4 atom stereocenters. The average Bonchev–Trinajstić information content (AvgIpc) is 2.90. The summed E-state index contributed by atoms with van der Waals surface area (Å²) in [4.78, 5) is 14.0. The van der Waals surface area contributed by atoms with Crippen LogP contribution in [0.1, 0.15) is 12.5 Å². The highest BCUT2D eigenvalue weighted by Gasteiger charge is 2.54. The van der Waals surface area contributed by atoms with E-state index in [1.165, 1.54) is 0 Å². The summed E-state index contributed by atoms with van der Waals surface area (Å²) in [5.74, 6) is 0.468. The number of benzene rings is 1. The molecule has 6 heteroatoms. The predicted octanol–water partition coefficient (Wildman–Crippen LogP) is 1.41. The maximum Gasteiger partial charge on any atom is 0.324 e. The maximum atomic E-state index is 12.0. The molecule has 1 aromatic rings. The average molecular weight is 403 g/mol. The number of carbonyl (C=O) groups excluding carboxylic acids is 1. The molecule has 0 aromatic heterocycles. The van der Waals surface area contributed by atoms with Gasteiger partial charge < -0.3 is 14.6 Å².